The number of piperidine rings is 2. The van der Waals surface area contributed by atoms with E-state index in [9.17, 15) is 4.79 Å². The molecule has 1 unspecified atom stereocenters. The molecule has 0 saturated carbocycles. The molecule has 0 aromatic carbocycles. The highest BCUT2D eigenvalue weighted by Gasteiger charge is 2.33. The molecule has 2 aliphatic rings. The number of rotatable bonds is 7. The van der Waals surface area contributed by atoms with Gasteiger partial charge in [-0.15, -0.1) is 0 Å². The van der Waals surface area contributed by atoms with Crippen LogP contribution in [0, 0.1) is 5.92 Å². The van der Waals surface area contributed by atoms with E-state index in [4.69, 9.17) is 0 Å². The van der Waals surface area contributed by atoms with Crippen LogP contribution in [0.25, 0.3) is 0 Å². The first kappa shape index (κ1) is 21.3. The van der Waals surface area contributed by atoms with Gasteiger partial charge in [-0.1, -0.05) is 19.9 Å². The maximum Gasteiger partial charge on any atom is 0.226 e. The number of aromatic nitrogens is 1. The molecule has 0 N–H and O–H groups in total. The molecule has 5 nitrogen and oxygen atoms in total. The number of carbonyl (C=O) groups is 1. The van der Waals surface area contributed by atoms with Crippen molar-refractivity contribution in [1.29, 1.82) is 0 Å². The van der Waals surface area contributed by atoms with Gasteiger partial charge in [0.15, 0.2) is 0 Å². The summed E-state index contributed by atoms with van der Waals surface area (Å²) in [5.74, 6) is 0.556. The van der Waals surface area contributed by atoms with Crippen LogP contribution < -0.4 is 0 Å². The minimum atomic E-state index is 0.188. The Morgan fingerprint density at radius 1 is 1.21 bits per heavy atom. The molecule has 1 aromatic heterocycles. The fourth-order valence-electron chi connectivity index (χ4n) is 5.04. The average Bonchev–Trinajstić information content (AvgIpc) is 2.75. The second-order valence-electron chi connectivity index (χ2n) is 8.62. The third kappa shape index (κ3) is 5.32. The monoisotopic (exact) mass is 386 g/mol. The van der Waals surface area contributed by atoms with Crippen LogP contribution in [0.1, 0.15) is 57.9 Å². The maximum atomic E-state index is 13.0. The lowest BCUT2D eigenvalue weighted by atomic mass is 9.92. The highest BCUT2D eigenvalue weighted by atomic mass is 16.2. The Bertz CT molecular complexity index is 596. The minimum Gasteiger partial charge on any atom is -0.343 e. The van der Waals surface area contributed by atoms with Gasteiger partial charge < -0.3 is 4.90 Å². The lowest BCUT2D eigenvalue weighted by Gasteiger charge is -2.43. The fourth-order valence-corrected chi connectivity index (χ4v) is 5.04. The quantitative estimate of drug-likeness (QED) is 0.720. The van der Waals surface area contributed by atoms with Crippen LogP contribution in [-0.2, 0) is 11.3 Å². The summed E-state index contributed by atoms with van der Waals surface area (Å²) in [6.07, 6.45) is 10.5. The van der Waals surface area contributed by atoms with Crippen LogP contribution in [0.5, 0.6) is 0 Å². The minimum absolute atomic E-state index is 0.188. The Morgan fingerprint density at radius 3 is 2.61 bits per heavy atom. The highest BCUT2D eigenvalue weighted by molar-refractivity contribution is 5.79. The van der Waals surface area contributed by atoms with E-state index in [1.165, 1.54) is 18.4 Å². The van der Waals surface area contributed by atoms with Gasteiger partial charge in [0.25, 0.3) is 0 Å². The lowest BCUT2D eigenvalue weighted by molar-refractivity contribution is -0.138. The molecule has 0 aliphatic carbocycles. The number of hydrogen-bond donors (Lipinski definition) is 0. The van der Waals surface area contributed by atoms with Gasteiger partial charge in [-0.3, -0.25) is 19.6 Å². The van der Waals surface area contributed by atoms with Crippen molar-refractivity contribution in [1.82, 2.24) is 19.7 Å². The van der Waals surface area contributed by atoms with Crippen molar-refractivity contribution in [3.63, 3.8) is 0 Å². The molecule has 1 amide bonds. The molecule has 156 valence electrons. The zero-order valence-electron chi connectivity index (χ0n) is 18.0. The van der Waals surface area contributed by atoms with Crippen molar-refractivity contribution >= 4 is 5.91 Å². The second-order valence-corrected chi connectivity index (χ2v) is 8.62. The Morgan fingerprint density at radius 2 is 1.96 bits per heavy atom. The van der Waals surface area contributed by atoms with Gasteiger partial charge in [-0.05, 0) is 69.8 Å². The second kappa shape index (κ2) is 10.4. The molecule has 3 rings (SSSR count). The van der Waals surface area contributed by atoms with Crippen LogP contribution in [0.4, 0.5) is 0 Å². The zero-order valence-corrected chi connectivity index (χ0v) is 18.0. The van der Waals surface area contributed by atoms with E-state index in [0.717, 1.165) is 58.4 Å². The fraction of sp³-hybridized carbons (Fsp3) is 0.739. The van der Waals surface area contributed by atoms with Crippen LogP contribution >= 0.6 is 0 Å². The third-order valence-electron chi connectivity index (χ3n) is 6.84. The normalized spacial score (nSPS) is 22.5. The summed E-state index contributed by atoms with van der Waals surface area (Å²) in [5.41, 5.74) is 1.30. The SMILES string of the molecule is CCC(CC)N(C)C(=O)C1CCCN(C2CCN(Cc3cccnc3)CC2)C1. The molecule has 28 heavy (non-hydrogen) atoms. The molecule has 0 bridgehead atoms. The number of nitrogens with zero attached hydrogens (tertiary/aromatic N) is 4. The van der Waals surface area contributed by atoms with E-state index in [-0.39, 0.29) is 5.92 Å². The summed E-state index contributed by atoms with van der Waals surface area (Å²) in [7, 11) is 2.01. The van der Waals surface area contributed by atoms with Crippen LogP contribution in [0.15, 0.2) is 24.5 Å². The predicted octanol–water partition coefficient (Wildman–Crippen LogP) is 3.41. The summed E-state index contributed by atoms with van der Waals surface area (Å²) in [5, 5.41) is 0. The third-order valence-corrected chi connectivity index (χ3v) is 6.84. The summed E-state index contributed by atoms with van der Waals surface area (Å²) in [4.78, 5) is 24.5. The van der Waals surface area contributed by atoms with Crippen LogP contribution in [0.3, 0.4) is 0 Å². The van der Waals surface area contributed by atoms with Gasteiger partial charge in [0.1, 0.15) is 0 Å². The largest absolute Gasteiger partial charge is 0.343 e. The summed E-state index contributed by atoms with van der Waals surface area (Å²) in [6, 6.07) is 5.21. The Labute approximate surface area is 171 Å². The molecule has 5 heteroatoms. The summed E-state index contributed by atoms with van der Waals surface area (Å²) >= 11 is 0. The van der Waals surface area contributed by atoms with Gasteiger partial charge in [-0.25, -0.2) is 0 Å². The standard InChI is InChI=1S/C23H38N4O/c1-4-21(5-2)25(3)23(28)20-9-7-13-27(18-20)22-10-14-26(15-11-22)17-19-8-6-12-24-16-19/h6,8,12,16,20-22H,4-5,7,9-11,13-15,17-18H2,1-3H3. The Kier molecular flexibility index (Phi) is 7.86. The van der Waals surface area contributed by atoms with Crippen LogP contribution in [-0.4, -0.2) is 70.9 Å². The lowest BCUT2D eigenvalue weighted by Crippen LogP contribution is -2.51. The maximum absolute atomic E-state index is 13.0. The van der Waals surface area contributed by atoms with Crippen molar-refractivity contribution in [2.24, 2.45) is 5.92 Å². The van der Waals surface area contributed by atoms with E-state index >= 15 is 0 Å². The number of amides is 1. The van der Waals surface area contributed by atoms with E-state index in [0.29, 0.717) is 18.0 Å². The Hall–Kier alpha value is -1.46. The summed E-state index contributed by atoms with van der Waals surface area (Å²) in [6.45, 7) is 9.77. The van der Waals surface area contributed by atoms with Crippen molar-refractivity contribution < 1.29 is 4.79 Å². The van der Waals surface area contributed by atoms with Gasteiger partial charge in [0.05, 0.1) is 5.92 Å². The Balaban J connectivity index is 1.49. The first-order chi connectivity index (χ1) is 13.6. The van der Waals surface area contributed by atoms with Crippen LogP contribution in [0.2, 0.25) is 0 Å². The number of hydrogen-bond acceptors (Lipinski definition) is 4. The zero-order chi connectivity index (χ0) is 19.9. The molecule has 1 atom stereocenters. The van der Waals surface area contributed by atoms with E-state index in [1.807, 2.05) is 30.4 Å². The van der Waals surface area contributed by atoms with Gasteiger partial charge in [-0.2, -0.15) is 0 Å². The highest BCUT2D eigenvalue weighted by Crippen LogP contribution is 2.26. The van der Waals surface area contributed by atoms with E-state index in [2.05, 4.69) is 34.7 Å². The smallest absolute Gasteiger partial charge is 0.226 e. The first-order valence-electron chi connectivity index (χ1n) is 11.2. The van der Waals surface area contributed by atoms with Gasteiger partial charge >= 0.3 is 0 Å². The topological polar surface area (TPSA) is 39.7 Å². The molecular formula is C23H38N4O. The molecular weight excluding hydrogens is 348 g/mol. The van der Waals surface area contributed by atoms with Crippen molar-refractivity contribution in [2.45, 2.75) is 71.0 Å². The molecule has 2 saturated heterocycles. The van der Waals surface area contributed by atoms with Crippen molar-refractivity contribution in [2.75, 3.05) is 33.2 Å². The average molecular weight is 387 g/mol. The number of carbonyl (C=O) groups excluding carboxylic acids is 1. The molecule has 1 aromatic rings. The number of pyridine rings is 1. The molecule has 0 radical (unpaired) electrons. The van der Waals surface area contributed by atoms with E-state index < -0.39 is 0 Å². The summed E-state index contributed by atoms with van der Waals surface area (Å²) < 4.78 is 0. The number of likely N-dealkylation sites (tertiary alicyclic amines) is 2. The molecule has 3 heterocycles. The van der Waals surface area contributed by atoms with Crippen molar-refractivity contribution in [3.8, 4) is 0 Å². The van der Waals surface area contributed by atoms with Gasteiger partial charge in [0.2, 0.25) is 5.91 Å². The first-order valence-corrected chi connectivity index (χ1v) is 11.2. The predicted molar refractivity (Wildman–Crippen MR) is 114 cm³/mol. The molecule has 0 spiro atoms. The van der Waals surface area contributed by atoms with Gasteiger partial charge in [0, 0.05) is 44.6 Å². The molecule has 2 aliphatic heterocycles. The van der Waals surface area contributed by atoms with Crippen molar-refractivity contribution in [3.05, 3.63) is 30.1 Å². The molecule has 2 fully saturated rings. The van der Waals surface area contributed by atoms with E-state index in [1.54, 1.807) is 0 Å².